The number of nitrogens with two attached hydrogens (primary N) is 1. The van der Waals surface area contributed by atoms with Gasteiger partial charge in [0, 0.05) is 22.8 Å². The number of benzene rings is 1. The molecule has 1 aromatic rings. The van der Waals surface area contributed by atoms with Crippen LogP contribution < -0.4 is 5.73 Å². The Morgan fingerprint density at radius 3 is 2.45 bits per heavy atom. The van der Waals surface area contributed by atoms with Crippen LogP contribution in [0.25, 0.3) is 0 Å². The highest BCUT2D eigenvalue weighted by atomic mass is 35.5. The number of hydrogen-bond donors (Lipinski definition) is 1. The molecule has 0 fully saturated rings. The summed E-state index contributed by atoms with van der Waals surface area (Å²) in [5, 5.41) is 0.194. The van der Waals surface area contributed by atoms with Crippen molar-refractivity contribution < 1.29 is 12.8 Å². The highest BCUT2D eigenvalue weighted by Crippen LogP contribution is 2.39. The largest absolute Gasteiger partial charge is 0.400 e. The van der Waals surface area contributed by atoms with Gasteiger partial charge in [-0.2, -0.15) is 4.31 Å². The normalized spacial score (nSPS) is 21.4. The van der Waals surface area contributed by atoms with Crippen molar-refractivity contribution in [1.82, 2.24) is 4.31 Å². The van der Waals surface area contributed by atoms with Crippen molar-refractivity contribution in [1.29, 1.82) is 0 Å². The summed E-state index contributed by atoms with van der Waals surface area (Å²) in [6, 6.07) is 4.25. The fourth-order valence-electron chi connectivity index (χ4n) is 2.28. The monoisotopic (exact) mass is 318 g/mol. The number of nitrogens with zero attached hydrogens (tertiary/aromatic N) is 1. The fraction of sp³-hybridized carbons (Fsp3) is 0.385. The molecule has 0 atom stereocenters. The van der Waals surface area contributed by atoms with Crippen LogP contribution in [0, 0.1) is 5.82 Å². The first-order valence-corrected chi connectivity index (χ1v) is 7.84. The van der Waals surface area contributed by atoms with Crippen LogP contribution in [0.5, 0.6) is 0 Å². The molecule has 0 amide bonds. The number of halogens is 2. The second-order valence-corrected chi connectivity index (χ2v) is 7.65. The zero-order chi connectivity index (χ0) is 15.3. The van der Waals surface area contributed by atoms with Crippen molar-refractivity contribution >= 4 is 21.6 Å². The van der Waals surface area contributed by atoms with Gasteiger partial charge in [0.15, 0.2) is 0 Å². The highest BCUT2D eigenvalue weighted by Gasteiger charge is 2.47. The Hall–Kier alpha value is -1.11. The Labute approximate surface area is 123 Å². The molecular weight excluding hydrogens is 303 g/mol. The van der Waals surface area contributed by atoms with E-state index in [4.69, 9.17) is 17.3 Å². The Balaban J connectivity index is 2.50. The molecule has 7 heteroatoms. The maximum absolute atomic E-state index is 13.9. The van der Waals surface area contributed by atoms with E-state index < -0.39 is 21.4 Å². The van der Waals surface area contributed by atoms with Gasteiger partial charge < -0.3 is 5.73 Å². The summed E-state index contributed by atoms with van der Waals surface area (Å²) in [6.45, 7) is 4.67. The van der Waals surface area contributed by atoms with Gasteiger partial charge >= 0.3 is 0 Å². The van der Waals surface area contributed by atoms with Gasteiger partial charge in [0.05, 0.1) is 10.4 Å². The number of hydrogen-bond acceptors (Lipinski definition) is 3. The van der Waals surface area contributed by atoms with Gasteiger partial charge in [0.1, 0.15) is 5.82 Å². The van der Waals surface area contributed by atoms with Crippen LogP contribution in [-0.2, 0) is 16.6 Å². The minimum Gasteiger partial charge on any atom is -0.400 e. The van der Waals surface area contributed by atoms with E-state index in [-0.39, 0.29) is 27.7 Å². The van der Waals surface area contributed by atoms with E-state index in [1.54, 1.807) is 13.8 Å². The molecule has 1 aliphatic heterocycles. The van der Waals surface area contributed by atoms with E-state index in [0.717, 1.165) is 0 Å². The van der Waals surface area contributed by atoms with Crippen molar-refractivity contribution in [3.63, 3.8) is 0 Å². The maximum atomic E-state index is 13.9. The molecule has 0 saturated carbocycles. The average molecular weight is 319 g/mol. The average Bonchev–Trinajstić information content (AvgIpc) is 2.45. The lowest BCUT2D eigenvalue weighted by Crippen LogP contribution is -2.44. The van der Waals surface area contributed by atoms with E-state index >= 15 is 0 Å². The molecule has 0 spiro atoms. The topological polar surface area (TPSA) is 63.4 Å². The molecule has 4 nitrogen and oxygen atoms in total. The second-order valence-electron chi connectivity index (χ2n) is 5.24. The molecule has 0 saturated heterocycles. The van der Waals surface area contributed by atoms with Gasteiger partial charge in [0.25, 0.3) is 0 Å². The molecule has 0 radical (unpaired) electrons. The Morgan fingerprint density at radius 1 is 1.40 bits per heavy atom. The Morgan fingerprint density at radius 2 is 2.00 bits per heavy atom. The van der Waals surface area contributed by atoms with E-state index in [0.29, 0.717) is 0 Å². The van der Waals surface area contributed by atoms with Crippen LogP contribution in [0.4, 0.5) is 4.39 Å². The van der Waals surface area contributed by atoms with E-state index in [2.05, 4.69) is 0 Å². The van der Waals surface area contributed by atoms with Gasteiger partial charge in [-0.1, -0.05) is 17.7 Å². The van der Waals surface area contributed by atoms with Crippen LogP contribution >= 0.6 is 11.6 Å². The van der Waals surface area contributed by atoms with Gasteiger partial charge in [-0.05, 0) is 32.9 Å². The predicted molar refractivity (Wildman–Crippen MR) is 76.8 cm³/mol. The van der Waals surface area contributed by atoms with Crippen LogP contribution in [0.3, 0.4) is 0 Å². The van der Waals surface area contributed by atoms with Crippen LogP contribution in [0.2, 0.25) is 5.02 Å². The molecule has 0 unspecified atom stereocenters. The number of sulfonamides is 1. The van der Waals surface area contributed by atoms with Crippen molar-refractivity contribution in [2.45, 2.75) is 32.9 Å². The highest BCUT2D eigenvalue weighted by molar-refractivity contribution is 7.93. The van der Waals surface area contributed by atoms with Gasteiger partial charge in [-0.25, -0.2) is 12.8 Å². The summed E-state index contributed by atoms with van der Waals surface area (Å²) in [5.41, 5.74) is 5.39. The molecule has 1 aromatic carbocycles. The second kappa shape index (κ2) is 4.72. The third kappa shape index (κ3) is 2.12. The summed E-state index contributed by atoms with van der Waals surface area (Å²) >= 11 is 5.96. The van der Waals surface area contributed by atoms with Crippen molar-refractivity contribution in [3.8, 4) is 0 Å². The standard InChI is InChI=1S/C13H16ClFN2O2S/c1-8-12(16)13(2,3)17(20(8,18)19)7-9-10(14)5-4-6-11(9)15/h4-6H,7,16H2,1-3H3. The summed E-state index contributed by atoms with van der Waals surface area (Å²) in [6.07, 6.45) is 0. The Kier molecular flexibility index (Phi) is 3.60. The summed E-state index contributed by atoms with van der Waals surface area (Å²) in [5.74, 6) is -0.536. The van der Waals surface area contributed by atoms with Crippen molar-refractivity contribution in [3.05, 3.63) is 45.2 Å². The lowest BCUT2D eigenvalue weighted by atomic mass is 10.00. The summed E-state index contributed by atoms with van der Waals surface area (Å²) < 4.78 is 39.8. The quantitative estimate of drug-likeness (QED) is 0.911. The van der Waals surface area contributed by atoms with Crippen molar-refractivity contribution in [2.75, 3.05) is 0 Å². The minimum atomic E-state index is -3.69. The third-order valence-electron chi connectivity index (χ3n) is 3.70. The number of allylic oxidation sites excluding steroid dienone is 1. The maximum Gasteiger partial charge on any atom is 0.241 e. The molecule has 0 aliphatic carbocycles. The number of rotatable bonds is 2. The third-order valence-corrected chi connectivity index (χ3v) is 6.22. The molecule has 1 heterocycles. The SMILES string of the molecule is CC1=C(N)C(C)(C)N(Cc2c(F)cccc2Cl)S1(=O)=O. The first-order chi connectivity index (χ1) is 9.10. The van der Waals surface area contributed by atoms with Crippen LogP contribution in [-0.4, -0.2) is 18.3 Å². The van der Waals surface area contributed by atoms with E-state index in [9.17, 15) is 12.8 Å². The minimum absolute atomic E-state index is 0.106. The molecule has 0 aromatic heterocycles. The lowest BCUT2D eigenvalue weighted by molar-refractivity contribution is 0.269. The molecule has 110 valence electrons. The zero-order valence-corrected chi connectivity index (χ0v) is 13.0. The van der Waals surface area contributed by atoms with Crippen LogP contribution in [0.1, 0.15) is 26.3 Å². The van der Waals surface area contributed by atoms with Gasteiger partial charge in [0.2, 0.25) is 10.0 Å². The molecule has 1 aliphatic rings. The smallest absolute Gasteiger partial charge is 0.241 e. The first-order valence-electron chi connectivity index (χ1n) is 6.02. The molecular formula is C13H16ClFN2O2S. The van der Waals surface area contributed by atoms with Crippen molar-refractivity contribution in [2.24, 2.45) is 5.73 Å². The molecule has 2 rings (SSSR count). The van der Waals surface area contributed by atoms with E-state index in [1.165, 1.54) is 29.4 Å². The molecule has 2 N–H and O–H groups in total. The van der Waals surface area contributed by atoms with Crippen LogP contribution in [0.15, 0.2) is 28.8 Å². The molecule has 20 heavy (non-hydrogen) atoms. The zero-order valence-electron chi connectivity index (χ0n) is 11.4. The van der Waals surface area contributed by atoms with Gasteiger partial charge in [-0.3, -0.25) is 0 Å². The first kappa shape index (κ1) is 15.3. The predicted octanol–water partition coefficient (Wildman–Crippen LogP) is 2.59. The summed E-state index contributed by atoms with van der Waals surface area (Å²) in [4.78, 5) is 0.106. The Bertz CT molecular complexity index is 678. The fourth-order valence-corrected chi connectivity index (χ4v) is 4.36. The van der Waals surface area contributed by atoms with Gasteiger partial charge in [-0.15, -0.1) is 0 Å². The lowest BCUT2D eigenvalue weighted by Gasteiger charge is -2.31. The van der Waals surface area contributed by atoms with E-state index in [1.807, 2.05) is 0 Å². The molecule has 0 bridgehead atoms. The summed E-state index contributed by atoms with van der Waals surface area (Å²) in [7, 11) is -3.69.